The number of nitrogens with one attached hydrogen (secondary N) is 1. The van der Waals surface area contributed by atoms with E-state index < -0.39 is 0 Å². The van der Waals surface area contributed by atoms with E-state index in [1.165, 1.54) is 0 Å². The Morgan fingerprint density at radius 1 is 1.13 bits per heavy atom. The van der Waals surface area contributed by atoms with Gasteiger partial charge >= 0.3 is 0 Å². The number of carbonyl (C=O) groups excluding carboxylic acids is 1. The molecular weight excluding hydrogens is 294 g/mol. The van der Waals surface area contributed by atoms with Crippen molar-refractivity contribution < 1.29 is 14.3 Å². The summed E-state index contributed by atoms with van der Waals surface area (Å²) in [6, 6.07) is 10.8. The van der Waals surface area contributed by atoms with E-state index in [0.29, 0.717) is 28.5 Å². The third-order valence-corrected chi connectivity index (χ3v) is 3.57. The number of hydrogen-bond donors (Lipinski definition) is 1. The van der Waals surface area contributed by atoms with Crippen molar-refractivity contribution in [3.63, 3.8) is 0 Å². The maximum absolute atomic E-state index is 12.6. The number of carbonyl (C=O) groups is 1. The third-order valence-electron chi connectivity index (χ3n) is 3.57. The predicted octanol–water partition coefficient (Wildman–Crippen LogP) is 2.91. The Labute approximate surface area is 133 Å². The number of amides is 1. The Balaban J connectivity index is 1.95. The number of anilines is 1. The summed E-state index contributed by atoms with van der Waals surface area (Å²) in [5, 5.41) is 2.87. The number of rotatable bonds is 4. The number of ether oxygens (including phenoxy) is 2. The van der Waals surface area contributed by atoms with Gasteiger partial charge in [-0.3, -0.25) is 9.20 Å². The quantitative estimate of drug-likeness (QED) is 0.804. The highest BCUT2D eigenvalue weighted by Crippen LogP contribution is 2.22. The molecule has 0 aliphatic carbocycles. The lowest BCUT2D eigenvalue weighted by atomic mass is 10.2. The van der Waals surface area contributed by atoms with Crippen LogP contribution in [0.4, 0.5) is 5.69 Å². The number of aryl methyl sites for hydroxylation is 1. The van der Waals surface area contributed by atoms with Gasteiger partial charge < -0.3 is 14.8 Å². The molecule has 2 aromatic heterocycles. The van der Waals surface area contributed by atoms with E-state index in [4.69, 9.17) is 9.47 Å². The van der Waals surface area contributed by atoms with Gasteiger partial charge in [0.25, 0.3) is 5.91 Å². The van der Waals surface area contributed by atoms with Gasteiger partial charge in [-0.1, -0.05) is 0 Å². The molecule has 1 amide bonds. The number of pyridine rings is 1. The second-order valence-corrected chi connectivity index (χ2v) is 5.00. The van der Waals surface area contributed by atoms with Crippen molar-refractivity contribution in [1.29, 1.82) is 0 Å². The lowest BCUT2D eigenvalue weighted by Crippen LogP contribution is -2.15. The van der Waals surface area contributed by atoms with Crippen molar-refractivity contribution in [1.82, 2.24) is 9.38 Å². The van der Waals surface area contributed by atoms with E-state index >= 15 is 0 Å². The average molecular weight is 311 g/mol. The number of imidazole rings is 1. The van der Waals surface area contributed by atoms with Crippen molar-refractivity contribution in [2.75, 3.05) is 19.5 Å². The smallest absolute Gasteiger partial charge is 0.274 e. The van der Waals surface area contributed by atoms with Crippen molar-refractivity contribution in [2.24, 2.45) is 0 Å². The number of fused-ring (bicyclic) bond motifs is 1. The first kappa shape index (κ1) is 14.9. The summed E-state index contributed by atoms with van der Waals surface area (Å²) in [5.41, 5.74) is 2.43. The van der Waals surface area contributed by atoms with Crippen molar-refractivity contribution in [3.05, 3.63) is 54.0 Å². The first-order chi connectivity index (χ1) is 11.1. The van der Waals surface area contributed by atoms with Crippen LogP contribution < -0.4 is 14.8 Å². The molecule has 3 rings (SSSR count). The van der Waals surface area contributed by atoms with Gasteiger partial charge in [-0.05, 0) is 43.3 Å². The molecule has 0 radical (unpaired) electrons. The SMILES string of the molecule is COc1ccc(NC(=O)c2c(C)nc3c(OC)cccn23)cc1. The minimum Gasteiger partial charge on any atom is -0.497 e. The number of benzene rings is 1. The zero-order valence-electron chi connectivity index (χ0n) is 13.2. The molecule has 0 unspecified atom stereocenters. The summed E-state index contributed by atoms with van der Waals surface area (Å²) in [6.45, 7) is 1.80. The van der Waals surface area contributed by atoms with Crippen LogP contribution in [-0.4, -0.2) is 29.5 Å². The first-order valence-corrected chi connectivity index (χ1v) is 7.11. The van der Waals surface area contributed by atoms with Gasteiger partial charge in [0.2, 0.25) is 0 Å². The van der Waals surface area contributed by atoms with Crippen LogP contribution in [0.2, 0.25) is 0 Å². The number of hydrogen-bond acceptors (Lipinski definition) is 4. The molecule has 0 aliphatic rings. The van der Waals surface area contributed by atoms with E-state index in [1.807, 2.05) is 12.1 Å². The molecule has 0 fully saturated rings. The minimum atomic E-state index is -0.228. The Bertz CT molecular complexity index is 853. The van der Waals surface area contributed by atoms with Crippen molar-refractivity contribution in [3.8, 4) is 11.5 Å². The van der Waals surface area contributed by atoms with Gasteiger partial charge in [-0.2, -0.15) is 0 Å². The van der Waals surface area contributed by atoms with Gasteiger partial charge in [-0.25, -0.2) is 4.98 Å². The second kappa shape index (κ2) is 6.00. The third kappa shape index (κ3) is 2.70. The van der Waals surface area contributed by atoms with E-state index in [-0.39, 0.29) is 5.91 Å². The second-order valence-electron chi connectivity index (χ2n) is 5.00. The van der Waals surface area contributed by atoms with E-state index in [0.717, 1.165) is 5.75 Å². The number of nitrogens with zero attached hydrogens (tertiary/aromatic N) is 2. The lowest BCUT2D eigenvalue weighted by Gasteiger charge is -2.07. The largest absolute Gasteiger partial charge is 0.497 e. The van der Waals surface area contributed by atoms with Crippen LogP contribution in [0.3, 0.4) is 0 Å². The molecular formula is C17H17N3O3. The Kier molecular flexibility index (Phi) is 3.89. The molecule has 23 heavy (non-hydrogen) atoms. The van der Waals surface area contributed by atoms with Crippen LogP contribution in [0.1, 0.15) is 16.2 Å². The molecule has 0 spiro atoms. The van der Waals surface area contributed by atoms with Crippen LogP contribution in [0, 0.1) is 6.92 Å². The highest BCUT2D eigenvalue weighted by Gasteiger charge is 2.18. The fraction of sp³-hybridized carbons (Fsp3) is 0.176. The van der Waals surface area contributed by atoms with E-state index in [1.54, 1.807) is 56.0 Å². The number of aromatic nitrogens is 2. The summed E-state index contributed by atoms with van der Waals surface area (Å²) in [7, 11) is 3.18. The van der Waals surface area contributed by atoms with E-state index in [9.17, 15) is 4.79 Å². The van der Waals surface area contributed by atoms with Crippen LogP contribution in [0.15, 0.2) is 42.6 Å². The fourth-order valence-electron chi connectivity index (χ4n) is 2.45. The maximum Gasteiger partial charge on any atom is 0.274 e. The highest BCUT2D eigenvalue weighted by atomic mass is 16.5. The Morgan fingerprint density at radius 2 is 1.87 bits per heavy atom. The molecule has 118 valence electrons. The molecule has 1 N–H and O–H groups in total. The fourth-order valence-corrected chi connectivity index (χ4v) is 2.45. The summed E-state index contributed by atoms with van der Waals surface area (Å²) in [5.74, 6) is 1.13. The number of methoxy groups -OCH3 is 2. The van der Waals surface area contributed by atoms with Gasteiger partial charge in [0.15, 0.2) is 11.4 Å². The standard InChI is InChI=1S/C17H17N3O3/c1-11-15(20-10-4-5-14(23-3)16(20)18-11)17(21)19-12-6-8-13(22-2)9-7-12/h4-10H,1-3H3,(H,19,21). The topological polar surface area (TPSA) is 64.9 Å². The monoisotopic (exact) mass is 311 g/mol. The van der Waals surface area contributed by atoms with Crippen LogP contribution in [0.25, 0.3) is 5.65 Å². The normalized spacial score (nSPS) is 10.6. The minimum absolute atomic E-state index is 0.228. The maximum atomic E-state index is 12.6. The summed E-state index contributed by atoms with van der Waals surface area (Å²) < 4.78 is 12.1. The molecule has 0 saturated heterocycles. The molecule has 0 aliphatic heterocycles. The Morgan fingerprint density at radius 3 is 2.52 bits per heavy atom. The van der Waals surface area contributed by atoms with Crippen LogP contribution in [-0.2, 0) is 0 Å². The molecule has 6 heteroatoms. The summed E-state index contributed by atoms with van der Waals surface area (Å²) in [4.78, 5) is 17.1. The predicted molar refractivity (Wildman–Crippen MR) is 87.4 cm³/mol. The zero-order valence-corrected chi connectivity index (χ0v) is 13.2. The summed E-state index contributed by atoms with van der Waals surface area (Å²) in [6.07, 6.45) is 1.79. The molecule has 0 atom stereocenters. The van der Waals surface area contributed by atoms with Crippen LogP contribution >= 0.6 is 0 Å². The van der Waals surface area contributed by atoms with Crippen molar-refractivity contribution >= 4 is 17.2 Å². The summed E-state index contributed by atoms with van der Waals surface area (Å²) >= 11 is 0. The molecule has 0 saturated carbocycles. The molecule has 0 bridgehead atoms. The van der Waals surface area contributed by atoms with Gasteiger partial charge in [0.05, 0.1) is 19.9 Å². The molecule has 3 aromatic rings. The van der Waals surface area contributed by atoms with Crippen LogP contribution in [0.5, 0.6) is 11.5 Å². The van der Waals surface area contributed by atoms with Gasteiger partial charge in [0.1, 0.15) is 11.4 Å². The van der Waals surface area contributed by atoms with Gasteiger partial charge in [-0.15, -0.1) is 0 Å². The molecule has 6 nitrogen and oxygen atoms in total. The van der Waals surface area contributed by atoms with E-state index in [2.05, 4.69) is 10.3 Å². The molecule has 2 heterocycles. The Hall–Kier alpha value is -3.02. The zero-order chi connectivity index (χ0) is 16.4. The molecule has 1 aromatic carbocycles. The highest BCUT2D eigenvalue weighted by molar-refractivity contribution is 6.04. The van der Waals surface area contributed by atoms with Gasteiger partial charge in [0, 0.05) is 11.9 Å². The first-order valence-electron chi connectivity index (χ1n) is 7.11. The average Bonchev–Trinajstić information content (AvgIpc) is 2.91. The lowest BCUT2D eigenvalue weighted by molar-refractivity contribution is 0.102. The van der Waals surface area contributed by atoms with Crippen molar-refractivity contribution in [2.45, 2.75) is 6.92 Å².